The van der Waals surface area contributed by atoms with E-state index in [1.165, 1.54) is 10.5 Å². The Labute approximate surface area is 200 Å². The van der Waals surface area contributed by atoms with Crippen LogP contribution in [-0.4, -0.2) is 30.4 Å². The maximum Gasteiger partial charge on any atom is 0.328 e. The molecule has 0 aliphatic heterocycles. The quantitative estimate of drug-likeness (QED) is 0.362. The molecule has 0 fully saturated rings. The lowest BCUT2D eigenvalue weighted by Gasteiger charge is -2.11. The van der Waals surface area contributed by atoms with Crippen molar-refractivity contribution < 1.29 is 14.6 Å². The highest BCUT2D eigenvalue weighted by Gasteiger charge is 2.14. The van der Waals surface area contributed by atoms with Gasteiger partial charge in [-0.25, -0.2) is 9.78 Å². The number of fused-ring (bicyclic) bond motifs is 1. The predicted molar refractivity (Wildman–Crippen MR) is 130 cm³/mol. The van der Waals surface area contributed by atoms with Gasteiger partial charge in [-0.05, 0) is 42.2 Å². The van der Waals surface area contributed by atoms with Crippen LogP contribution in [0.3, 0.4) is 0 Å². The largest absolute Gasteiger partial charge is 0.478 e. The molecule has 0 saturated carbocycles. The zero-order valence-electron chi connectivity index (χ0n) is 18.8. The maximum atomic E-state index is 13.1. The second-order valence-corrected chi connectivity index (χ2v) is 8.98. The topological polar surface area (TPSA) is 107 Å². The number of carboxylic acid groups (broad SMARTS) is 1. The smallest absolute Gasteiger partial charge is 0.328 e. The van der Waals surface area contributed by atoms with Crippen LogP contribution >= 0.6 is 11.3 Å². The molecule has 0 unspecified atom stereocenters. The first-order valence-electron chi connectivity index (χ1n) is 10.8. The third-order valence-corrected chi connectivity index (χ3v) is 6.10. The molecule has 4 aromatic heterocycles. The van der Waals surface area contributed by atoms with Crippen molar-refractivity contribution >= 4 is 29.0 Å². The average molecular weight is 477 g/mol. The Balaban J connectivity index is 1.64. The molecule has 174 valence electrons. The molecule has 0 aromatic carbocycles. The SMILES string of the molecule is CC(C)c1csc(CCc2ccn3c(=O)c(/C=C/C(=O)O)c(OCc4cccnc4)nc3c2)n1. The highest BCUT2D eigenvalue weighted by molar-refractivity contribution is 7.09. The number of aliphatic carboxylic acids is 1. The summed E-state index contributed by atoms with van der Waals surface area (Å²) in [6.45, 7) is 4.39. The number of aryl methyl sites for hydroxylation is 2. The minimum Gasteiger partial charge on any atom is -0.478 e. The lowest BCUT2D eigenvalue weighted by atomic mass is 10.1. The Kier molecular flexibility index (Phi) is 7.12. The van der Waals surface area contributed by atoms with Crippen LogP contribution in [0.1, 0.15) is 47.2 Å². The molecule has 9 heteroatoms. The van der Waals surface area contributed by atoms with Crippen LogP contribution in [0.25, 0.3) is 11.7 Å². The second kappa shape index (κ2) is 10.4. The molecule has 1 N–H and O–H groups in total. The standard InChI is InChI=1S/C25H24N4O4S/c1-16(2)20-15-34-22(27-20)7-5-17-9-11-29-21(12-17)28-24(19(25(29)32)6-8-23(30)31)33-14-18-4-3-10-26-13-18/h3-4,6,8-13,15-16H,5,7,14H2,1-2H3,(H,30,31)/b8-6+. The van der Waals surface area contributed by atoms with Crippen molar-refractivity contribution in [3.63, 3.8) is 0 Å². The van der Waals surface area contributed by atoms with Crippen LogP contribution in [-0.2, 0) is 24.2 Å². The van der Waals surface area contributed by atoms with E-state index in [-0.39, 0.29) is 18.1 Å². The number of aromatic nitrogens is 4. The molecular formula is C25H24N4O4S. The van der Waals surface area contributed by atoms with E-state index in [1.807, 2.05) is 18.2 Å². The fraction of sp³-hybridized carbons (Fsp3) is 0.240. The van der Waals surface area contributed by atoms with Gasteiger partial charge in [0.05, 0.1) is 10.7 Å². The van der Waals surface area contributed by atoms with E-state index >= 15 is 0 Å². The van der Waals surface area contributed by atoms with E-state index in [0.29, 0.717) is 11.6 Å². The Bertz CT molecular complexity index is 1390. The number of hydrogen-bond acceptors (Lipinski definition) is 7. The first kappa shape index (κ1) is 23.3. The molecule has 0 spiro atoms. The molecule has 0 radical (unpaired) electrons. The average Bonchev–Trinajstić information content (AvgIpc) is 3.31. The minimum atomic E-state index is -1.17. The summed E-state index contributed by atoms with van der Waals surface area (Å²) < 4.78 is 7.21. The summed E-state index contributed by atoms with van der Waals surface area (Å²) in [5.41, 5.74) is 3.01. The van der Waals surface area contributed by atoms with Gasteiger partial charge in [0, 0.05) is 42.0 Å². The molecule has 34 heavy (non-hydrogen) atoms. The zero-order valence-corrected chi connectivity index (χ0v) is 19.7. The van der Waals surface area contributed by atoms with Crippen molar-refractivity contribution in [2.45, 2.75) is 39.2 Å². The number of hydrogen-bond donors (Lipinski definition) is 1. The molecule has 0 aliphatic carbocycles. The molecule has 4 aromatic rings. The maximum absolute atomic E-state index is 13.1. The van der Waals surface area contributed by atoms with Crippen molar-refractivity contribution in [3.8, 4) is 5.88 Å². The lowest BCUT2D eigenvalue weighted by molar-refractivity contribution is -0.131. The van der Waals surface area contributed by atoms with Crippen LogP contribution in [0.2, 0.25) is 0 Å². The first-order chi connectivity index (χ1) is 16.4. The van der Waals surface area contributed by atoms with E-state index < -0.39 is 11.5 Å². The molecule has 4 heterocycles. The Hall–Kier alpha value is -3.85. The zero-order chi connectivity index (χ0) is 24.1. The third kappa shape index (κ3) is 5.55. The first-order valence-corrected chi connectivity index (χ1v) is 11.7. The minimum absolute atomic E-state index is 0.0699. The summed E-state index contributed by atoms with van der Waals surface area (Å²) in [5.74, 6) is -0.693. The van der Waals surface area contributed by atoms with Gasteiger partial charge in [-0.3, -0.25) is 14.2 Å². The van der Waals surface area contributed by atoms with Gasteiger partial charge in [0.25, 0.3) is 5.56 Å². The Morgan fingerprint density at radius 3 is 2.79 bits per heavy atom. The Morgan fingerprint density at radius 1 is 1.24 bits per heavy atom. The monoisotopic (exact) mass is 476 g/mol. The fourth-order valence-corrected chi connectivity index (χ4v) is 4.29. The van der Waals surface area contributed by atoms with Crippen LogP contribution < -0.4 is 10.3 Å². The summed E-state index contributed by atoms with van der Waals surface area (Å²) in [4.78, 5) is 37.4. The van der Waals surface area contributed by atoms with E-state index in [9.17, 15) is 9.59 Å². The van der Waals surface area contributed by atoms with Crippen LogP contribution in [0.4, 0.5) is 0 Å². The third-order valence-electron chi connectivity index (χ3n) is 5.17. The molecule has 4 rings (SSSR count). The van der Waals surface area contributed by atoms with Crippen LogP contribution in [0.15, 0.2) is 59.1 Å². The summed E-state index contributed by atoms with van der Waals surface area (Å²) in [6.07, 6.45) is 8.63. The van der Waals surface area contributed by atoms with E-state index in [1.54, 1.807) is 36.0 Å². The van der Waals surface area contributed by atoms with E-state index in [4.69, 9.17) is 9.84 Å². The number of pyridine rings is 2. The number of thiazole rings is 1. The summed E-state index contributed by atoms with van der Waals surface area (Å²) >= 11 is 1.66. The molecule has 0 aliphatic rings. The van der Waals surface area contributed by atoms with Gasteiger partial charge in [-0.2, -0.15) is 4.98 Å². The lowest BCUT2D eigenvalue weighted by Crippen LogP contribution is -2.19. The number of ether oxygens (including phenoxy) is 1. The number of rotatable bonds is 9. The van der Waals surface area contributed by atoms with E-state index in [0.717, 1.165) is 40.7 Å². The second-order valence-electron chi connectivity index (χ2n) is 8.04. The van der Waals surface area contributed by atoms with Crippen molar-refractivity contribution in [2.75, 3.05) is 0 Å². The molecular weight excluding hydrogens is 452 g/mol. The predicted octanol–water partition coefficient (Wildman–Crippen LogP) is 4.13. The van der Waals surface area contributed by atoms with Gasteiger partial charge in [0.2, 0.25) is 5.88 Å². The Morgan fingerprint density at radius 2 is 2.09 bits per heavy atom. The molecule has 8 nitrogen and oxygen atoms in total. The van der Waals surface area contributed by atoms with Crippen LogP contribution in [0, 0.1) is 0 Å². The van der Waals surface area contributed by atoms with Crippen molar-refractivity contribution in [2.24, 2.45) is 0 Å². The fourth-order valence-electron chi connectivity index (χ4n) is 3.33. The normalized spacial score (nSPS) is 11.5. The highest BCUT2D eigenvalue weighted by Crippen LogP contribution is 2.21. The van der Waals surface area contributed by atoms with E-state index in [2.05, 4.69) is 34.2 Å². The van der Waals surface area contributed by atoms with Gasteiger partial charge in [0.1, 0.15) is 17.8 Å². The van der Waals surface area contributed by atoms with Gasteiger partial charge in [-0.15, -0.1) is 11.3 Å². The molecule has 0 bridgehead atoms. The van der Waals surface area contributed by atoms with Crippen LogP contribution in [0.5, 0.6) is 5.88 Å². The summed E-state index contributed by atoms with van der Waals surface area (Å²) in [5, 5.41) is 12.2. The van der Waals surface area contributed by atoms with Gasteiger partial charge in [0.15, 0.2) is 0 Å². The molecule has 0 atom stereocenters. The molecule has 0 amide bonds. The number of nitrogens with zero attached hydrogens (tertiary/aromatic N) is 4. The summed E-state index contributed by atoms with van der Waals surface area (Å²) in [7, 11) is 0. The van der Waals surface area contributed by atoms with Gasteiger partial charge in [-0.1, -0.05) is 19.9 Å². The summed E-state index contributed by atoms with van der Waals surface area (Å²) in [6, 6.07) is 7.34. The highest BCUT2D eigenvalue weighted by atomic mass is 32.1. The van der Waals surface area contributed by atoms with Crippen molar-refractivity contribution in [3.05, 3.63) is 92.1 Å². The van der Waals surface area contributed by atoms with Crippen molar-refractivity contribution in [1.82, 2.24) is 19.4 Å². The van der Waals surface area contributed by atoms with Crippen molar-refractivity contribution in [1.29, 1.82) is 0 Å². The molecule has 0 saturated heterocycles. The van der Waals surface area contributed by atoms with Gasteiger partial charge < -0.3 is 9.84 Å². The van der Waals surface area contributed by atoms with Gasteiger partial charge >= 0.3 is 5.97 Å². The number of carbonyl (C=O) groups is 1. The number of carboxylic acids is 1.